The lowest BCUT2D eigenvalue weighted by Crippen LogP contribution is -2.65. The third-order valence-electron chi connectivity index (χ3n) is 8.24. The minimum absolute atomic E-state index is 0.00613. The summed E-state index contributed by atoms with van der Waals surface area (Å²) in [6, 6.07) is 1.78. The molecule has 12 nitrogen and oxygen atoms in total. The Hall–Kier alpha value is -3.90. The number of fused-ring (bicyclic) bond motifs is 3. The van der Waals surface area contributed by atoms with Gasteiger partial charge in [-0.05, 0) is 63.4 Å². The van der Waals surface area contributed by atoms with E-state index in [9.17, 15) is 34.8 Å². The second kappa shape index (κ2) is 8.84. The number of ketones is 2. The van der Waals surface area contributed by atoms with Crippen LogP contribution in [0, 0.1) is 11.8 Å². The minimum Gasteiger partial charge on any atom is -0.508 e. The Morgan fingerprint density at radius 1 is 1.13 bits per heavy atom. The van der Waals surface area contributed by atoms with Gasteiger partial charge >= 0.3 is 0 Å². The first-order valence-electron chi connectivity index (χ1n) is 12.5. The number of aliphatic hydroxyl groups is 3. The molecule has 0 bridgehead atoms. The van der Waals surface area contributed by atoms with Crippen LogP contribution in [0.2, 0.25) is 0 Å². The molecule has 5 rings (SSSR count). The molecule has 4 atom stereocenters. The summed E-state index contributed by atoms with van der Waals surface area (Å²) in [4.78, 5) is 47.1. The van der Waals surface area contributed by atoms with Crippen molar-refractivity contribution in [2.24, 2.45) is 28.3 Å². The highest BCUT2D eigenvalue weighted by Crippen LogP contribution is 2.53. The number of likely N-dealkylation sites (N-methyl/N-ethyl adjacent to an activating group) is 1. The van der Waals surface area contributed by atoms with Gasteiger partial charge in [-0.3, -0.25) is 19.3 Å². The summed E-state index contributed by atoms with van der Waals surface area (Å²) in [7, 11) is 3.11. The number of hydrogen-bond donors (Lipinski definition) is 6. The maximum absolute atomic E-state index is 13.9. The molecule has 1 saturated heterocycles. The number of likely N-dealkylation sites (tertiary alicyclic amines) is 1. The number of carbonyl (C=O) groups is 3. The largest absolute Gasteiger partial charge is 0.508 e. The first-order valence-corrected chi connectivity index (χ1v) is 12.5. The Labute approximate surface area is 218 Å². The second-order valence-corrected chi connectivity index (χ2v) is 10.6. The number of aliphatic hydroxyl groups excluding tert-OH is 2. The summed E-state index contributed by atoms with van der Waals surface area (Å²) >= 11 is 0. The van der Waals surface area contributed by atoms with Crippen molar-refractivity contribution in [3.63, 3.8) is 0 Å². The molecule has 4 unspecified atom stereocenters. The van der Waals surface area contributed by atoms with Gasteiger partial charge in [0.05, 0.1) is 17.3 Å². The van der Waals surface area contributed by atoms with Crippen LogP contribution in [0.4, 0.5) is 5.69 Å². The molecule has 1 heterocycles. The number of amides is 1. The molecule has 0 aromatic heterocycles. The predicted octanol–water partition coefficient (Wildman–Crippen LogP) is 0.00600. The fourth-order valence-electron chi connectivity index (χ4n) is 6.47. The SMILES string of the molecule is CN(C)C1C(=O)C(C(N)=O)=C(O)C2(O)C(=O)C3=C(O)c4c(O)ccc(N=C(N)N5CCCC5)c4CC3CC12. The number of nitrogens with zero attached hydrogens (tertiary/aromatic N) is 3. The van der Waals surface area contributed by atoms with E-state index in [-0.39, 0.29) is 29.7 Å². The Morgan fingerprint density at radius 2 is 1.79 bits per heavy atom. The van der Waals surface area contributed by atoms with Crippen LogP contribution in [0.15, 0.2) is 34.0 Å². The number of phenols is 1. The number of phenolic OH excluding ortho intramolecular Hbond substituents is 1. The van der Waals surface area contributed by atoms with Crippen LogP contribution in [-0.2, 0) is 20.8 Å². The highest BCUT2D eigenvalue weighted by molar-refractivity contribution is 6.24. The van der Waals surface area contributed by atoms with E-state index in [0.29, 0.717) is 17.2 Å². The maximum atomic E-state index is 13.9. The van der Waals surface area contributed by atoms with Gasteiger partial charge in [0.2, 0.25) is 5.78 Å². The van der Waals surface area contributed by atoms with Crippen LogP contribution < -0.4 is 11.5 Å². The van der Waals surface area contributed by atoms with E-state index in [1.807, 2.05) is 4.90 Å². The molecule has 0 radical (unpaired) electrons. The number of carbonyl (C=O) groups excluding carboxylic acids is 3. The molecule has 3 aliphatic carbocycles. The summed E-state index contributed by atoms with van der Waals surface area (Å²) in [5, 5.41) is 44.5. The highest BCUT2D eigenvalue weighted by Gasteiger charge is 2.64. The van der Waals surface area contributed by atoms with E-state index in [4.69, 9.17) is 11.5 Å². The third-order valence-corrected chi connectivity index (χ3v) is 8.24. The number of guanidine groups is 1. The molecule has 202 valence electrons. The number of aromatic hydroxyl groups is 1. The molecule has 8 N–H and O–H groups in total. The number of nitrogens with two attached hydrogens (primary N) is 2. The van der Waals surface area contributed by atoms with Gasteiger partial charge < -0.3 is 36.8 Å². The van der Waals surface area contributed by atoms with Gasteiger partial charge in [0.25, 0.3) is 5.91 Å². The molecule has 2 fully saturated rings. The summed E-state index contributed by atoms with van der Waals surface area (Å²) < 4.78 is 0. The van der Waals surface area contributed by atoms with Crippen molar-refractivity contribution in [2.75, 3.05) is 27.2 Å². The Morgan fingerprint density at radius 3 is 2.39 bits per heavy atom. The lowest BCUT2D eigenvalue weighted by Gasteiger charge is -2.50. The van der Waals surface area contributed by atoms with Gasteiger partial charge in [0.1, 0.15) is 22.8 Å². The number of hydrogen-bond acceptors (Lipinski definition) is 9. The fourth-order valence-corrected chi connectivity index (χ4v) is 6.47. The molecule has 1 aliphatic heterocycles. The monoisotopic (exact) mass is 525 g/mol. The van der Waals surface area contributed by atoms with Crippen LogP contribution >= 0.6 is 0 Å². The Balaban J connectivity index is 1.68. The summed E-state index contributed by atoms with van der Waals surface area (Å²) in [5.74, 6) is -6.61. The number of benzene rings is 1. The summed E-state index contributed by atoms with van der Waals surface area (Å²) in [6.07, 6.45) is 2.15. The van der Waals surface area contributed by atoms with Crippen LogP contribution in [0.5, 0.6) is 5.75 Å². The maximum Gasteiger partial charge on any atom is 0.255 e. The van der Waals surface area contributed by atoms with Crippen LogP contribution in [0.25, 0.3) is 5.76 Å². The average molecular weight is 526 g/mol. The molecule has 1 saturated carbocycles. The van der Waals surface area contributed by atoms with Gasteiger partial charge in [0.15, 0.2) is 17.3 Å². The smallest absolute Gasteiger partial charge is 0.255 e. The zero-order valence-electron chi connectivity index (χ0n) is 21.1. The number of rotatable bonds is 3. The van der Waals surface area contributed by atoms with Crippen LogP contribution in [-0.4, -0.2) is 92.5 Å². The van der Waals surface area contributed by atoms with E-state index in [2.05, 4.69) is 4.99 Å². The molecule has 0 spiro atoms. The topological polar surface area (TPSA) is 203 Å². The van der Waals surface area contributed by atoms with Gasteiger partial charge in [0, 0.05) is 24.6 Å². The fraction of sp³-hybridized carbons (Fsp3) is 0.462. The van der Waals surface area contributed by atoms with E-state index < -0.39 is 58.0 Å². The van der Waals surface area contributed by atoms with Gasteiger partial charge in [-0.2, -0.15) is 0 Å². The van der Waals surface area contributed by atoms with E-state index in [0.717, 1.165) is 25.9 Å². The predicted molar refractivity (Wildman–Crippen MR) is 136 cm³/mol. The lowest BCUT2D eigenvalue weighted by molar-refractivity contribution is -0.153. The zero-order chi connectivity index (χ0) is 27.7. The van der Waals surface area contributed by atoms with Crippen molar-refractivity contribution < 1.29 is 34.8 Å². The van der Waals surface area contributed by atoms with Crippen molar-refractivity contribution in [3.05, 3.63) is 40.2 Å². The molecular weight excluding hydrogens is 494 g/mol. The standard InChI is InChI=1S/C26H31N5O7/c1-30(2)19-13-10-11-9-12-14(29-25(28)31-7-3-4-8-31)5-6-15(32)17(12)20(33)16(11)22(35)26(13,38)23(36)18(21(19)34)24(27)37/h5-6,11,13,19,32-33,36,38H,3-4,7-10H2,1-2H3,(H2,27,37)(H2,28,29). The third kappa shape index (κ3) is 3.51. The van der Waals surface area contributed by atoms with Crippen molar-refractivity contribution in [2.45, 2.75) is 37.3 Å². The van der Waals surface area contributed by atoms with Gasteiger partial charge in [-0.25, -0.2) is 4.99 Å². The molecule has 1 amide bonds. The molecule has 1 aromatic carbocycles. The first kappa shape index (κ1) is 25.7. The lowest BCUT2D eigenvalue weighted by atomic mass is 9.57. The van der Waals surface area contributed by atoms with E-state index in [1.54, 1.807) is 20.2 Å². The van der Waals surface area contributed by atoms with Crippen LogP contribution in [0.3, 0.4) is 0 Å². The van der Waals surface area contributed by atoms with Crippen LogP contribution in [0.1, 0.15) is 30.4 Å². The second-order valence-electron chi connectivity index (χ2n) is 10.6. The van der Waals surface area contributed by atoms with Crippen molar-refractivity contribution in [1.29, 1.82) is 0 Å². The molecule has 1 aromatic rings. The Bertz CT molecular complexity index is 1360. The van der Waals surface area contributed by atoms with Gasteiger partial charge in [-0.1, -0.05) is 0 Å². The number of aliphatic imine (C=N–C) groups is 1. The quantitative estimate of drug-likeness (QED) is 0.177. The zero-order valence-corrected chi connectivity index (χ0v) is 21.1. The van der Waals surface area contributed by atoms with E-state index >= 15 is 0 Å². The molecule has 4 aliphatic rings. The Kier molecular flexibility index (Phi) is 5.99. The van der Waals surface area contributed by atoms with Gasteiger partial charge in [-0.15, -0.1) is 0 Å². The highest BCUT2D eigenvalue weighted by atomic mass is 16.3. The van der Waals surface area contributed by atoms with Crippen molar-refractivity contribution >= 4 is 34.9 Å². The number of Topliss-reactive ketones (excluding diaryl/α,β-unsaturated/α-hetero) is 2. The van der Waals surface area contributed by atoms with Crippen molar-refractivity contribution in [3.8, 4) is 5.75 Å². The summed E-state index contributed by atoms with van der Waals surface area (Å²) in [5.41, 5.74) is 8.73. The number of primary amides is 1. The van der Waals surface area contributed by atoms with E-state index in [1.165, 1.54) is 11.0 Å². The minimum atomic E-state index is -2.67. The molecular formula is C26H31N5O7. The summed E-state index contributed by atoms with van der Waals surface area (Å²) in [6.45, 7) is 1.54. The molecule has 38 heavy (non-hydrogen) atoms. The first-order chi connectivity index (χ1) is 17.9. The average Bonchev–Trinajstić information content (AvgIpc) is 3.38. The van der Waals surface area contributed by atoms with Crippen molar-refractivity contribution in [1.82, 2.24) is 9.80 Å². The molecule has 12 heteroatoms. The normalized spacial score (nSPS) is 29.5.